The van der Waals surface area contributed by atoms with Crippen LogP contribution in [0.15, 0.2) is 48.5 Å². The molecule has 0 N–H and O–H groups in total. The molecule has 0 atom stereocenters. The van der Waals surface area contributed by atoms with Crippen molar-refractivity contribution in [3.8, 4) is 0 Å². The highest BCUT2D eigenvalue weighted by molar-refractivity contribution is 6.30. The number of carbonyl (C=O) groups excluding carboxylic acids is 2. The van der Waals surface area contributed by atoms with Gasteiger partial charge in [-0.25, -0.2) is 0 Å². The van der Waals surface area contributed by atoms with Crippen LogP contribution in [0.25, 0.3) is 0 Å². The third-order valence-electron chi connectivity index (χ3n) is 2.89. The van der Waals surface area contributed by atoms with Gasteiger partial charge in [0.25, 0.3) is 5.69 Å². The highest BCUT2D eigenvalue weighted by Gasteiger charge is 2.15. The van der Waals surface area contributed by atoms with Crippen LogP contribution in [-0.4, -0.2) is 16.5 Å². The van der Waals surface area contributed by atoms with E-state index in [-0.39, 0.29) is 29.2 Å². The van der Waals surface area contributed by atoms with Crippen LogP contribution < -0.4 is 0 Å². The van der Waals surface area contributed by atoms with Gasteiger partial charge in [0.1, 0.15) is 0 Å². The Morgan fingerprint density at radius 2 is 1.33 bits per heavy atom. The standard InChI is InChI=1S/C15H10ClNO4/c16-12-5-1-10(2-6-12)14(18)9-15(19)11-3-7-13(8-4-11)17(20)21/h1-8H,9H2. The number of ketones is 2. The lowest BCUT2D eigenvalue weighted by Crippen LogP contribution is -2.08. The summed E-state index contributed by atoms with van der Waals surface area (Å²) in [5, 5.41) is 11.0. The van der Waals surface area contributed by atoms with E-state index in [0.29, 0.717) is 10.6 Å². The normalized spacial score (nSPS) is 10.1. The molecule has 5 nitrogen and oxygen atoms in total. The molecule has 2 aromatic carbocycles. The fourth-order valence-electron chi connectivity index (χ4n) is 1.75. The summed E-state index contributed by atoms with van der Waals surface area (Å²) < 4.78 is 0. The molecule has 106 valence electrons. The quantitative estimate of drug-likeness (QED) is 0.365. The van der Waals surface area contributed by atoms with E-state index in [1.165, 1.54) is 24.3 Å². The maximum Gasteiger partial charge on any atom is 0.269 e. The maximum atomic E-state index is 12.0. The number of rotatable bonds is 5. The Hall–Kier alpha value is -2.53. The van der Waals surface area contributed by atoms with Crippen LogP contribution in [0.3, 0.4) is 0 Å². The average molecular weight is 304 g/mol. The van der Waals surface area contributed by atoms with Crippen LogP contribution in [0.2, 0.25) is 5.02 Å². The highest BCUT2D eigenvalue weighted by atomic mass is 35.5. The van der Waals surface area contributed by atoms with Gasteiger partial charge in [0.05, 0.1) is 11.3 Å². The minimum Gasteiger partial charge on any atom is -0.294 e. The van der Waals surface area contributed by atoms with Crippen molar-refractivity contribution in [2.75, 3.05) is 0 Å². The van der Waals surface area contributed by atoms with E-state index in [1.807, 2.05) is 0 Å². The molecule has 2 rings (SSSR count). The number of carbonyl (C=O) groups is 2. The lowest BCUT2D eigenvalue weighted by atomic mass is 10.0. The molecular formula is C15H10ClNO4. The molecule has 6 heteroatoms. The summed E-state index contributed by atoms with van der Waals surface area (Å²) in [6, 6.07) is 11.4. The van der Waals surface area contributed by atoms with Crippen LogP contribution in [0.5, 0.6) is 0 Å². The molecule has 0 fully saturated rings. The average Bonchev–Trinajstić information content (AvgIpc) is 2.47. The van der Waals surface area contributed by atoms with E-state index in [2.05, 4.69) is 0 Å². The lowest BCUT2D eigenvalue weighted by Gasteiger charge is -2.02. The van der Waals surface area contributed by atoms with Crippen LogP contribution in [0.4, 0.5) is 5.69 Å². The number of hydrogen-bond acceptors (Lipinski definition) is 4. The van der Waals surface area contributed by atoms with Gasteiger partial charge in [0, 0.05) is 28.3 Å². The van der Waals surface area contributed by atoms with E-state index >= 15 is 0 Å². The van der Waals surface area contributed by atoms with Crippen molar-refractivity contribution >= 4 is 28.9 Å². The first-order valence-corrected chi connectivity index (χ1v) is 6.41. The fourth-order valence-corrected chi connectivity index (χ4v) is 1.88. The van der Waals surface area contributed by atoms with Crippen molar-refractivity contribution in [3.05, 3.63) is 74.8 Å². The Morgan fingerprint density at radius 3 is 1.76 bits per heavy atom. The predicted molar refractivity (Wildman–Crippen MR) is 77.8 cm³/mol. The Morgan fingerprint density at radius 1 is 0.905 bits per heavy atom. The first kappa shape index (κ1) is 14.9. The van der Waals surface area contributed by atoms with Gasteiger partial charge in [-0.15, -0.1) is 0 Å². The second-order valence-electron chi connectivity index (χ2n) is 4.33. The maximum absolute atomic E-state index is 12.0. The third-order valence-corrected chi connectivity index (χ3v) is 3.14. The molecule has 0 aliphatic rings. The predicted octanol–water partition coefficient (Wildman–Crippen LogP) is 3.70. The smallest absolute Gasteiger partial charge is 0.269 e. The molecule has 2 aromatic rings. The van der Waals surface area contributed by atoms with Gasteiger partial charge in [-0.1, -0.05) is 11.6 Å². The Kier molecular flexibility index (Phi) is 4.45. The van der Waals surface area contributed by atoms with Crippen LogP contribution in [-0.2, 0) is 0 Å². The lowest BCUT2D eigenvalue weighted by molar-refractivity contribution is -0.384. The van der Waals surface area contributed by atoms with Gasteiger partial charge in [0.2, 0.25) is 0 Å². The molecule has 0 bridgehead atoms. The number of halogens is 1. The number of nitrogens with zero attached hydrogens (tertiary/aromatic N) is 1. The highest BCUT2D eigenvalue weighted by Crippen LogP contribution is 2.15. The zero-order chi connectivity index (χ0) is 15.4. The third kappa shape index (κ3) is 3.73. The van der Waals surface area contributed by atoms with E-state index in [1.54, 1.807) is 24.3 Å². The van der Waals surface area contributed by atoms with Gasteiger partial charge in [-0.3, -0.25) is 19.7 Å². The first-order chi connectivity index (χ1) is 9.97. The summed E-state index contributed by atoms with van der Waals surface area (Å²) in [4.78, 5) is 33.9. The van der Waals surface area contributed by atoms with Gasteiger partial charge in [-0.05, 0) is 36.4 Å². The topological polar surface area (TPSA) is 77.3 Å². The number of Topliss-reactive ketones (excluding diaryl/α,β-unsaturated/α-hetero) is 2. The molecule has 0 aliphatic carbocycles. The second kappa shape index (κ2) is 6.28. The minimum atomic E-state index is -0.548. The Balaban J connectivity index is 2.08. The summed E-state index contributed by atoms with van der Waals surface area (Å²) in [7, 11) is 0. The van der Waals surface area contributed by atoms with Gasteiger partial charge in [-0.2, -0.15) is 0 Å². The number of benzene rings is 2. The Labute approximate surface area is 125 Å². The summed E-state index contributed by atoms with van der Waals surface area (Å²) >= 11 is 5.73. The van der Waals surface area contributed by atoms with Gasteiger partial charge >= 0.3 is 0 Å². The fraction of sp³-hybridized carbons (Fsp3) is 0.0667. The number of hydrogen-bond donors (Lipinski definition) is 0. The molecular weight excluding hydrogens is 294 g/mol. The molecule has 0 aromatic heterocycles. The minimum absolute atomic E-state index is 0.101. The van der Waals surface area contributed by atoms with Crippen LogP contribution >= 0.6 is 11.6 Å². The van der Waals surface area contributed by atoms with E-state index in [0.717, 1.165) is 0 Å². The summed E-state index contributed by atoms with van der Waals surface area (Å²) in [6.45, 7) is 0. The zero-order valence-corrected chi connectivity index (χ0v) is 11.5. The molecule has 0 amide bonds. The number of nitro benzene ring substituents is 1. The number of non-ortho nitro benzene ring substituents is 1. The largest absolute Gasteiger partial charge is 0.294 e. The van der Waals surface area contributed by atoms with Crippen molar-refractivity contribution in [1.29, 1.82) is 0 Å². The molecule has 0 heterocycles. The molecule has 0 aliphatic heterocycles. The molecule has 0 spiro atoms. The van der Waals surface area contributed by atoms with E-state index < -0.39 is 4.92 Å². The van der Waals surface area contributed by atoms with Gasteiger partial charge < -0.3 is 0 Å². The zero-order valence-electron chi connectivity index (χ0n) is 10.8. The molecule has 21 heavy (non-hydrogen) atoms. The van der Waals surface area contributed by atoms with Crippen molar-refractivity contribution < 1.29 is 14.5 Å². The molecule has 0 radical (unpaired) electrons. The van der Waals surface area contributed by atoms with Crippen LogP contribution in [0, 0.1) is 10.1 Å². The monoisotopic (exact) mass is 303 g/mol. The first-order valence-electron chi connectivity index (χ1n) is 6.04. The van der Waals surface area contributed by atoms with Crippen molar-refractivity contribution in [2.45, 2.75) is 6.42 Å². The SMILES string of the molecule is O=C(CC(=O)c1ccc([N+](=O)[O-])cc1)c1ccc(Cl)cc1. The molecule has 0 unspecified atom stereocenters. The van der Waals surface area contributed by atoms with Gasteiger partial charge in [0.15, 0.2) is 11.6 Å². The van der Waals surface area contributed by atoms with Crippen molar-refractivity contribution in [2.24, 2.45) is 0 Å². The van der Waals surface area contributed by atoms with E-state index in [4.69, 9.17) is 11.6 Å². The van der Waals surface area contributed by atoms with E-state index in [9.17, 15) is 19.7 Å². The summed E-state index contributed by atoms with van der Waals surface area (Å²) in [5.74, 6) is -0.708. The van der Waals surface area contributed by atoms with Crippen LogP contribution in [0.1, 0.15) is 27.1 Å². The molecule has 0 saturated carbocycles. The van der Waals surface area contributed by atoms with Crippen molar-refractivity contribution in [3.63, 3.8) is 0 Å². The number of nitro groups is 1. The summed E-state index contributed by atoms with van der Waals surface area (Å²) in [6.07, 6.45) is -0.292. The molecule has 0 saturated heterocycles. The summed E-state index contributed by atoms with van der Waals surface area (Å²) in [5.41, 5.74) is 0.563. The second-order valence-corrected chi connectivity index (χ2v) is 4.77. The Bertz CT molecular complexity index is 693. The van der Waals surface area contributed by atoms with Crippen molar-refractivity contribution in [1.82, 2.24) is 0 Å².